The number of H-pyrrole nitrogens is 1. The van der Waals surface area contributed by atoms with Crippen LogP contribution in [0.3, 0.4) is 0 Å². The molecular weight excluding hydrogens is 240 g/mol. The number of carbonyl (C=O) groups is 1. The number of amides is 1. The Labute approximate surface area is 110 Å². The van der Waals surface area contributed by atoms with E-state index < -0.39 is 0 Å². The van der Waals surface area contributed by atoms with Gasteiger partial charge in [0, 0.05) is 22.2 Å². The first kappa shape index (κ1) is 11.6. The van der Waals surface area contributed by atoms with Crippen LogP contribution in [0.15, 0.2) is 47.1 Å². The van der Waals surface area contributed by atoms with Gasteiger partial charge in [0.1, 0.15) is 5.76 Å². The Morgan fingerprint density at radius 3 is 3.00 bits per heavy atom. The molecule has 0 aliphatic heterocycles. The summed E-state index contributed by atoms with van der Waals surface area (Å²) in [6, 6.07) is 11.3. The van der Waals surface area contributed by atoms with Crippen molar-refractivity contribution in [2.75, 3.05) is 0 Å². The molecule has 4 nitrogen and oxygen atoms in total. The summed E-state index contributed by atoms with van der Waals surface area (Å²) in [4.78, 5) is 15.3. The van der Waals surface area contributed by atoms with Crippen molar-refractivity contribution in [3.05, 3.63) is 59.7 Å². The Kier molecular flexibility index (Phi) is 2.83. The van der Waals surface area contributed by atoms with Crippen molar-refractivity contribution in [1.29, 1.82) is 0 Å². The number of hydrogen-bond donors (Lipinski definition) is 2. The Bertz CT molecular complexity index is 711. The van der Waals surface area contributed by atoms with E-state index in [4.69, 9.17) is 4.42 Å². The summed E-state index contributed by atoms with van der Waals surface area (Å²) in [5.41, 5.74) is 2.78. The molecule has 2 aromatic heterocycles. The number of aromatic nitrogens is 1. The van der Waals surface area contributed by atoms with Crippen molar-refractivity contribution in [2.24, 2.45) is 0 Å². The first-order valence-corrected chi connectivity index (χ1v) is 6.12. The van der Waals surface area contributed by atoms with Crippen LogP contribution in [-0.4, -0.2) is 10.9 Å². The monoisotopic (exact) mass is 254 g/mol. The van der Waals surface area contributed by atoms with Crippen LogP contribution in [0.1, 0.15) is 21.8 Å². The summed E-state index contributed by atoms with van der Waals surface area (Å²) in [5.74, 6) is 0.643. The van der Waals surface area contributed by atoms with Crippen molar-refractivity contribution < 1.29 is 9.21 Å². The normalized spacial score (nSPS) is 10.8. The number of benzene rings is 1. The second-order valence-electron chi connectivity index (χ2n) is 4.52. The number of furan rings is 1. The summed E-state index contributed by atoms with van der Waals surface area (Å²) in [5, 5.41) is 3.87. The lowest BCUT2D eigenvalue weighted by atomic mass is 10.1. The Morgan fingerprint density at radius 1 is 1.32 bits per heavy atom. The standard InChI is InChI=1S/C15H14N2O2/c1-10-7-12-8-11(4-5-14(12)17-10)15(18)16-9-13-3-2-6-19-13/h2-8,17H,9H2,1H3,(H,16,18). The zero-order valence-electron chi connectivity index (χ0n) is 10.6. The van der Waals surface area contributed by atoms with Gasteiger partial charge in [0.2, 0.25) is 0 Å². The van der Waals surface area contributed by atoms with Gasteiger partial charge in [-0.3, -0.25) is 4.79 Å². The molecule has 0 radical (unpaired) electrons. The Balaban J connectivity index is 1.77. The van der Waals surface area contributed by atoms with Crippen molar-refractivity contribution in [3.8, 4) is 0 Å². The Hall–Kier alpha value is -2.49. The van der Waals surface area contributed by atoms with Gasteiger partial charge in [0.15, 0.2) is 0 Å². The van der Waals surface area contributed by atoms with E-state index in [0.717, 1.165) is 22.4 Å². The highest BCUT2D eigenvalue weighted by atomic mass is 16.3. The van der Waals surface area contributed by atoms with E-state index >= 15 is 0 Å². The van der Waals surface area contributed by atoms with Crippen LogP contribution < -0.4 is 5.32 Å². The van der Waals surface area contributed by atoms with Crippen LogP contribution >= 0.6 is 0 Å². The van der Waals surface area contributed by atoms with E-state index in [1.165, 1.54) is 0 Å². The van der Waals surface area contributed by atoms with Crippen LogP contribution in [0, 0.1) is 6.92 Å². The van der Waals surface area contributed by atoms with E-state index in [1.54, 1.807) is 12.3 Å². The molecule has 19 heavy (non-hydrogen) atoms. The number of fused-ring (bicyclic) bond motifs is 1. The van der Waals surface area contributed by atoms with Crippen molar-refractivity contribution in [2.45, 2.75) is 13.5 Å². The third-order valence-electron chi connectivity index (χ3n) is 3.02. The van der Waals surface area contributed by atoms with Crippen LogP contribution in [0.5, 0.6) is 0 Å². The molecule has 96 valence electrons. The third-order valence-corrected chi connectivity index (χ3v) is 3.02. The highest BCUT2D eigenvalue weighted by Gasteiger charge is 2.07. The maximum Gasteiger partial charge on any atom is 0.251 e. The number of aromatic amines is 1. The number of hydrogen-bond acceptors (Lipinski definition) is 2. The predicted molar refractivity (Wildman–Crippen MR) is 72.9 cm³/mol. The van der Waals surface area contributed by atoms with E-state index in [-0.39, 0.29) is 5.91 Å². The fraction of sp³-hybridized carbons (Fsp3) is 0.133. The molecular formula is C15H14N2O2. The maximum absolute atomic E-state index is 12.0. The quantitative estimate of drug-likeness (QED) is 0.754. The molecule has 0 spiro atoms. The summed E-state index contributed by atoms with van der Waals surface area (Å²) < 4.78 is 5.17. The average molecular weight is 254 g/mol. The minimum absolute atomic E-state index is 0.0999. The molecule has 0 saturated carbocycles. The SMILES string of the molecule is Cc1cc2cc(C(=O)NCc3ccco3)ccc2[nH]1. The molecule has 0 aliphatic carbocycles. The minimum atomic E-state index is -0.0999. The molecule has 3 aromatic rings. The van der Waals surface area contributed by atoms with Gasteiger partial charge in [-0.2, -0.15) is 0 Å². The molecule has 0 saturated heterocycles. The highest BCUT2D eigenvalue weighted by molar-refractivity contribution is 5.98. The van der Waals surface area contributed by atoms with E-state index in [9.17, 15) is 4.79 Å². The van der Waals surface area contributed by atoms with E-state index in [2.05, 4.69) is 10.3 Å². The molecule has 0 aliphatic rings. The third kappa shape index (κ3) is 2.38. The van der Waals surface area contributed by atoms with Crippen molar-refractivity contribution >= 4 is 16.8 Å². The van der Waals surface area contributed by atoms with Gasteiger partial charge in [-0.25, -0.2) is 0 Å². The van der Waals surface area contributed by atoms with Crippen molar-refractivity contribution in [3.63, 3.8) is 0 Å². The molecule has 3 rings (SSSR count). The number of nitrogens with one attached hydrogen (secondary N) is 2. The number of aryl methyl sites for hydroxylation is 1. The summed E-state index contributed by atoms with van der Waals surface area (Å²) in [6.07, 6.45) is 1.59. The summed E-state index contributed by atoms with van der Waals surface area (Å²) in [7, 11) is 0. The topological polar surface area (TPSA) is 58.0 Å². The largest absolute Gasteiger partial charge is 0.467 e. The lowest BCUT2D eigenvalue weighted by Crippen LogP contribution is -2.22. The van der Waals surface area contributed by atoms with E-state index in [0.29, 0.717) is 12.1 Å². The van der Waals surface area contributed by atoms with Crippen LogP contribution in [0.2, 0.25) is 0 Å². The van der Waals surface area contributed by atoms with Gasteiger partial charge < -0.3 is 14.7 Å². The second kappa shape index (κ2) is 4.65. The fourth-order valence-corrected chi connectivity index (χ4v) is 2.10. The van der Waals surface area contributed by atoms with Crippen LogP contribution in [0.4, 0.5) is 0 Å². The number of rotatable bonds is 3. The van der Waals surface area contributed by atoms with Crippen LogP contribution in [-0.2, 0) is 6.54 Å². The smallest absolute Gasteiger partial charge is 0.251 e. The fourth-order valence-electron chi connectivity index (χ4n) is 2.10. The molecule has 0 atom stereocenters. The Morgan fingerprint density at radius 2 is 2.21 bits per heavy atom. The van der Waals surface area contributed by atoms with Gasteiger partial charge in [-0.1, -0.05) is 0 Å². The molecule has 0 fully saturated rings. The highest BCUT2D eigenvalue weighted by Crippen LogP contribution is 2.16. The molecule has 1 amide bonds. The molecule has 0 bridgehead atoms. The summed E-state index contributed by atoms with van der Waals surface area (Å²) in [6.45, 7) is 2.40. The zero-order chi connectivity index (χ0) is 13.2. The molecule has 2 N–H and O–H groups in total. The number of carbonyl (C=O) groups excluding carboxylic acids is 1. The van der Waals surface area contributed by atoms with Gasteiger partial charge >= 0.3 is 0 Å². The van der Waals surface area contributed by atoms with Gasteiger partial charge in [-0.15, -0.1) is 0 Å². The zero-order valence-corrected chi connectivity index (χ0v) is 10.6. The van der Waals surface area contributed by atoms with Crippen molar-refractivity contribution in [1.82, 2.24) is 10.3 Å². The predicted octanol–water partition coefficient (Wildman–Crippen LogP) is 3.00. The second-order valence-corrected chi connectivity index (χ2v) is 4.52. The lowest BCUT2D eigenvalue weighted by molar-refractivity contribution is 0.0948. The minimum Gasteiger partial charge on any atom is -0.467 e. The molecule has 4 heteroatoms. The van der Waals surface area contributed by atoms with Gasteiger partial charge in [-0.05, 0) is 43.3 Å². The molecule has 2 heterocycles. The molecule has 1 aromatic carbocycles. The maximum atomic E-state index is 12.0. The lowest BCUT2D eigenvalue weighted by Gasteiger charge is -2.03. The first-order chi connectivity index (χ1) is 9.22. The molecule has 0 unspecified atom stereocenters. The average Bonchev–Trinajstić information content (AvgIpc) is 3.02. The summed E-state index contributed by atoms with van der Waals surface area (Å²) >= 11 is 0. The van der Waals surface area contributed by atoms with Gasteiger partial charge in [0.25, 0.3) is 5.91 Å². The van der Waals surface area contributed by atoms with E-state index in [1.807, 2.05) is 37.3 Å². The van der Waals surface area contributed by atoms with Crippen LogP contribution in [0.25, 0.3) is 10.9 Å². The first-order valence-electron chi connectivity index (χ1n) is 6.12. The van der Waals surface area contributed by atoms with Gasteiger partial charge in [0.05, 0.1) is 12.8 Å².